The van der Waals surface area contributed by atoms with Gasteiger partial charge in [-0.05, 0) is 24.3 Å². The molecule has 0 aliphatic heterocycles. The lowest BCUT2D eigenvalue weighted by Crippen LogP contribution is -1.90. The summed E-state index contributed by atoms with van der Waals surface area (Å²) in [6, 6.07) is 14.1. The third-order valence-electron chi connectivity index (χ3n) is 2.10. The first-order valence-electron chi connectivity index (χ1n) is 4.78. The Morgan fingerprint density at radius 2 is 1.56 bits per heavy atom. The molecule has 0 N–H and O–H groups in total. The molecule has 0 radical (unpaired) electrons. The second-order valence-corrected chi connectivity index (χ2v) is 3.60. The summed E-state index contributed by atoms with van der Waals surface area (Å²) in [4.78, 5) is 10.8. The standard InChI is InChI=1S/C13H9ClO2/c14-11-6-2-4-8-13(11)16-12-7-3-1-5-10(12)9-15/h1-9H. The van der Waals surface area contributed by atoms with Crippen molar-refractivity contribution < 1.29 is 9.53 Å². The molecule has 0 bridgehead atoms. The van der Waals surface area contributed by atoms with E-state index in [-0.39, 0.29) is 0 Å². The quantitative estimate of drug-likeness (QED) is 0.749. The van der Waals surface area contributed by atoms with Crippen molar-refractivity contribution in [2.75, 3.05) is 0 Å². The van der Waals surface area contributed by atoms with Crippen molar-refractivity contribution in [3.8, 4) is 11.5 Å². The summed E-state index contributed by atoms with van der Waals surface area (Å²) >= 11 is 5.96. The smallest absolute Gasteiger partial charge is 0.153 e. The maximum absolute atomic E-state index is 10.8. The lowest BCUT2D eigenvalue weighted by Gasteiger charge is -2.08. The maximum atomic E-state index is 10.8. The molecule has 0 amide bonds. The van der Waals surface area contributed by atoms with Gasteiger partial charge in [0, 0.05) is 0 Å². The zero-order valence-corrected chi connectivity index (χ0v) is 9.15. The minimum Gasteiger partial charge on any atom is -0.455 e. The number of rotatable bonds is 3. The second-order valence-electron chi connectivity index (χ2n) is 3.19. The summed E-state index contributed by atoms with van der Waals surface area (Å²) in [6.45, 7) is 0. The van der Waals surface area contributed by atoms with Gasteiger partial charge in [-0.25, -0.2) is 0 Å². The third kappa shape index (κ3) is 2.23. The molecule has 0 spiro atoms. The molecule has 80 valence electrons. The summed E-state index contributed by atoms with van der Waals surface area (Å²) in [7, 11) is 0. The van der Waals surface area contributed by atoms with Gasteiger partial charge >= 0.3 is 0 Å². The number of aldehydes is 1. The number of para-hydroxylation sites is 2. The maximum Gasteiger partial charge on any atom is 0.153 e. The Kier molecular flexibility index (Phi) is 3.22. The van der Waals surface area contributed by atoms with Gasteiger partial charge in [-0.15, -0.1) is 0 Å². The van der Waals surface area contributed by atoms with Crippen molar-refractivity contribution >= 4 is 17.9 Å². The van der Waals surface area contributed by atoms with Crippen molar-refractivity contribution in [3.05, 3.63) is 59.1 Å². The molecule has 0 aliphatic rings. The summed E-state index contributed by atoms with van der Waals surface area (Å²) in [5.41, 5.74) is 0.502. The van der Waals surface area contributed by atoms with Gasteiger partial charge in [0.15, 0.2) is 6.29 Å². The molecule has 0 aliphatic carbocycles. The summed E-state index contributed by atoms with van der Waals surface area (Å²) in [5, 5.41) is 0.517. The Hall–Kier alpha value is -1.80. The predicted octanol–water partition coefficient (Wildman–Crippen LogP) is 3.94. The minimum atomic E-state index is 0.502. The van der Waals surface area contributed by atoms with Gasteiger partial charge in [0.2, 0.25) is 0 Å². The molecule has 0 atom stereocenters. The van der Waals surface area contributed by atoms with Crippen LogP contribution in [0.25, 0.3) is 0 Å². The fourth-order valence-corrected chi connectivity index (χ4v) is 1.49. The molecule has 0 heterocycles. The monoisotopic (exact) mass is 232 g/mol. The highest BCUT2D eigenvalue weighted by Gasteiger charge is 2.05. The zero-order valence-electron chi connectivity index (χ0n) is 8.39. The number of carbonyl (C=O) groups is 1. The van der Waals surface area contributed by atoms with Crippen LogP contribution in [0.3, 0.4) is 0 Å². The SMILES string of the molecule is O=Cc1ccccc1Oc1ccccc1Cl. The first-order valence-corrected chi connectivity index (χ1v) is 5.15. The van der Waals surface area contributed by atoms with Gasteiger partial charge in [0.05, 0.1) is 10.6 Å². The summed E-state index contributed by atoms with van der Waals surface area (Å²) in [5.74, 6) is 1.05. The molecule has 2 aromatic carbocycles. The molecule has 2 rings (SSSR count). The van der Waals surface area contributed by atoms with Gasteiger partial charge < -0.3 is 4.74 Å². The Bertz CT molecular complexity index is 509. The number of benzene rings is 2. The number of ether oxygens (including phenoxy) is 1. The van der Waals surface area contributed by atoms with Crippen LogP contribution in [0, 0.1) is 0 Å². The molecule has 0 saturated carbocycles. The Balaban J connectivity index is 2.34. The van der Waals surface area contributed by atoms with E-state index in [0.29, 0.717) is 22.1 Å². The van der Waals surface area contributed by atoms with Gasteiger partial charge in [0.25, 0.3) is 0 Å². The van der Waals surface area contributed by atoms with Gasteiger partial charge in [-0.2, -0.15) is 0 Å². The normalized spacial score (nSPS) is 9.81. The molecule has 16 heavy (non-hydrogen) atoms. The van der Waals surface area contributed by atoms with E-state index in [4.69, 9.17) is 16.3 Å². The topological polar surface area (TPSA) is 26.3 Å². The van der Waals surface area contributed by atoms with E-state index in [1.54, 1.807) is 36.4 Å². The van der Waals surface area contributed by atoms with Crippen molar-refractivity contribution in [1.29, 1.82) is 0 Å². The van der Waals surface area contributed by atoms with Crippen LogP contribution in [0.4, 0.5) is 0 Å². The van der Waals surface area contributed by atoms with Crippen LogP contribution < -0.4 is 4.74 Å². The van der Waals surface area contributed by atoms with E-state index in [0.717, 1.165) is 6.29 Å². The van der Waals surface area contributed by atoms with Crippen LogP contribution in [-0.2, 0) is 0 Å². The molecule has 2 aromatic rings. The van der Waals surface area contributed by atoms with Crippen molar-refractivity contribution in [1.82, 2.24) is 0 Å². The molecule has 2 nitrogen and oxygen atoms in total. The van der Waals surface area contributed by atoms with Crippen LogP contribution in [0.5, 0.6) is 11.5 Å². The first-order chi connectivity index (χ1) is 7.81. The lowest BCUT2D eigenvalue weighted by atomic mass is 10.2. The van der Waals surface area contributed by atoms with Crippen molar-refractivity contribution in [3.63, 3.8) is 0 Å². The minimum absolute atomic E-state index is 0.502. The molecule has 0 saturated heterocycles. The molecule has 3 heteroatoms. The average molecular weight is 233 g/mol. The van der Waals surface area contributed by atoms with E-state index in [2.05, 4.69) is 0 Å². The molecule has 0 fully saturated rings. The van der Waals surface area contributed by atoms with Gasteiger partial charge in [0.1, 0.15) is 11.5 Å². The van der Waals surface area contributed by atoms with E-state index >= 15 is 0 Å². The van der Waals surface area contributed by atoms with E-state index < -0.39 is 0 Å². The molecular weight excluding hydrogens is 224 g/mol. The average Bonchev–Trinajstić information content (AvgIpc) is 2.33. The summed E-state index contributed by atoms with van der Waals surface area (Å²) < 4.78 is 5.57. The Morgan fingerprint density at radius 3 is 2.25 bits per heavy atom. The third-order valence-corrected chi connectivity index (χ3v) is 2.41. The van der Waals surface area contributed by atoms with Crippen LogP contribution in [0.2, 0.25) is 5.02 Å². The predicted molar refractivity (Wildman–Crippen MR) is 63.4 cm³/mol. The van der Waals surface area contributed by atoms with Crippen LogP contribution in [0.1, 0.15) is 10.4 Å². The van der Waals surface area contributed by atoms with E-state index in [9.17, 15) is 4.79 Å². The number of carbonyl (C=O) groups excluding carboxylic acids is 1. The summed E-state index contributed by atoms with van der Waals surface area (Å²) in [6.07, 6.45) is 0.756. The van der Waals surface area contributed by atoms with Crippen molar-refractivity contribution in [2.45, 2.75) is 0 Å². The van der Waals surface area contributed by atoms with Crippen LogP contribution >= 0.6 is 11.6 Å². The Morgan fingerprint density at radius 1 is 0.938 bits per heavy atom. The highest BCUT2D eigenvalue weighted by molar-refractivity contribution is 6.32. The lowest BCUT2D eigenvalue weighted by molar-refractivity contribution is 0.112. The largest absolute Gasteiger partial charge is 0.455 e. The molecular formula is C13H9ClO2. The second kappa shape index (κ2) is 4.81. The highest BCUT2D eigenvalue weighted by Crippen LogP contribution is 2.30. The van der Waals surface area contributed by atoms with Gasteiger partial charge in [-0.3, -0.25) is 4.79 Å². The zero-order chi connectivity index (χ0) is 11.4. The van der Waals surface area contributed by atoms with Crippen LogP contribution in [0.15, 0.2) is 48.5 Å². The first kappa shape index (κ1) is 10.7. The van der Waals surface area contributed by atoms with Crippen molar-refractivity contribution in [2.24, 2.45) is 0 Å². The number of halogens is 1. The number of hydrogen-bond acceptors (Lipinski definition) is 2. The van der Waals surface area contributed by atoms with E-state index in [1.165, 1.54) is 0 Å². The number of hydrogen-bond donors (Lipinski definition) is 0. The fraction of sp³-hybridized carbons (Fsp3) is 0. The van der Waals surface area contributed by atoms with E-state index in [1.807, 2.05) is 12.1 Å². The Labute approximate surface area is 98.4 Å². The van der Waals surface area contributed by atoms with Gasteiger partial charge in [-0.1, -0.05) is 35.9 Å². The molecule has 0 aromatic heterocycles. The fourth-order valence-electron chi connectivity index (χ4n) is 1.32. The highest BCUT2D eigenvalue weighted by atomic mass is 35.5. The molecule has 0 unspecified atom stereocenters. The van der Waals surface area contributed by atoms with Crippen LogP contribution in [-0.4, -0.2) is 6.29 Å².